The maximum Gasteiger partial charge on any atom is 0.234 e. The van der Waals surface area contributed by atoms with E-state index in [4.69, 9.17) is 0 Å². The molecule has 0 aromatic carbocycles. The van der Waals surface area contributed by atoms with Crippen LogP contribution in [0.25, 0.3) is 0 Å². The molecule has 0 radical (unpaired) electrons. The van der Waals surface area contributed by atoms with Gasteiger partial charge in [-0.2, -0.15) is 0 Å². The van der Waals surface area contributed by atoms with E-state index in [0.717, 1.165) is 36.8 Å². The number of imide groups is 2. The van der Waals surface area contributed by atoms with Gasteiger partial charge in [0.2, 0.25) is 23.6 Å². The van der Waals surface area contributed by atoms with Gasteiger partial charge in [0.1, 0.15) is 0 Å². The van der Waals surface area contributed by atoms with Crippen molar-refractivity contribution in [3.05, 3.63) is 37.5 Å². The number of carbonyl (C=O) groups excluding carboxylic acids is 4. The minimum absolute atomic E-state index is 0.0472. The molecule has 0 aliphatic carbocycles. The highest BCUT2D eigenvalue weighted by molar-refractivity contribution is 6.04. The fourth-order valence-electron chi connectivity index (χ4n) is 7.84. The van der Waals surface area contributed by atoms with Crippen LogP contribution in [0, 0.1) is 33.5 Å². The summed E-state index contributed by atoms with van der Waals surface area (Å²) >= 11 is 0. The molecule has 2 rings (SSSR count). The van der Waals surface area contributed by atoms with Gasteiger partial charge in [-0.15, -0.1) is 13.2 Å². The van der Waals surface area contributed by atoms with Gasteiger partial charge in [-0.1, -0.05) is 93.5 Å². The summed E-state index contributed by atoms with van der Waals surface area (Å²) in [6.45, 7) is 36.8. The Bertz CT molecular complexity index is 1010. The molecule has 7 heteroatoms. The number of amides is 4. The van der Waals surface area contributed by atoms with Crippen LogP contribution >= 0.6 is 0 Å². The SMILES string of the molecule is C=C.C=C(CC1CC(=O)N(CN(C)CN2C(=O)CC(CC(=C)CC(C)(C)CC(C)(C)C)C2=O)C1=O)CC(C)(C)CC(C)(C)C. The van der Waals surface area contributed by atoms with E-state index in [-0.39, 0.29) is 71.5 Å². The maximum absolute atomic E-state index is 13.2. The largest absolute Gasteiger partial charge is 0.274 e. The Morgan fingerprint density at radius 1 is 0.659 bits per heavy atom. The molecule has 2 aliphatic heterocycles. The Morgan fingerprint density at radius 2 is 0.955 bits per heavy atom. The topological polar surface area (TPSA) is 78.0 Å². The van der Waals surface area contributed by atoms with E-state index in [0.29, 0.717) is 12.8 Å². The standard InChI is InChI=1S/C35H59N3O4.C2H4/c1-24(18-34(9,10)20-32(3,4)5)14-26-16-28(39)37(30(26)41)22-36(13)23-38-29(40)17-27(31(38)42)15-25(2)19-35(11,12)21-33(6,7)8;1-2/h26-27H,1-2,14-23H2,3-13H3;1-2H2. The van der Waals surface area contributed by atoms with E-state index in [1.807, 2.05) is 0 Å². The van der Waals surface area contributed by atoms with Crippen molar-refractivity contribution >= 4 is 23.6 Å². The molecule has 0 N–H and O–H groups in total. The number of hydrogen-bond donors (Lipinski definition) is 0. The van der Waals surface area contributed by atoms with Crippen LogP contribution < -0.4 is 0 Å². The molecule has 0 spiro atoms. The van der Waals surface area contributed by atoms with Crippen molar-refractivity contribution in [2.45, 2.75) is 121 Å². The van der Waals surface area contributed by atoms with E-state index in [1.54, 1.807) is 11.9 Å². The summed E-state index contributed by atoms with van der Waals surface area (Å²) in [6, 6.07) is 0. The second-order valence-corrected chi connectivity index (χ2v) is 17.3. The predicted molar refractivity (Wildman–Crippen MR) is 181 cm³/mol. The van der Waals surface area contributed by atoms with Gasteiger partial charge >= 0.3 is 0 Å². The van der Waals surface area contributed by atoms with Gasteiger partial charge in [0.05, 0.1) is 25.2 Å². The lowest BCUT2D eigenvalue weighted by Gasteiger charge is -2.33. The van der Waals surface area contributed by atoms with Crippen LogP contribution in [0.15, 0.2) is 37.5 Å². The molecule has 2 heterocycles. The molecule has 0 aromatic heterocycles. The minimum atomic E-state index is -0.406. The van der Waals surface area contributed by atoms with E-state index in [1.165, 1.54) is 9.80 Å². The van der Waals surface area contributed by atoms with Gasteiger partial charge in [-0.3, -0.25) is 33.9 Å². The van der Waals surface area contributed by atoms with E-state index in [2.05, 4.69) is 95.6 Å². The lowest BCUT2D eigenvalue weighted by molar-refractivity contribution is -0.144. The summed E-state index contributed by atoms with van der Waals surface area (Å²) in [5, 5.41) is 0. The summed E-state index contributed by atoms with van der Waals surface area (Å²) in [5.41, 5.74) is 2.49. The van der Waals surface area contributed by atoms with Crippen LogP contribution in [0.1, 0.15) is 121 Å². The van der Waals surface area contributed by atoms with Crippen molar-refractivity contribution in [2.24, 2.45) is 33.5 Å². The Balaban J connectivity index is 0.00000474. The van der Waals surface area contributed by atoms with E-state index < -0.39 is 11.8 Å². The third kappa shape index (κ3) is 12.8. The molecule has 0 aromatic rings. The molecule has 2 unspecified atom stereocenters. The Kier molecular flexibility index (Phi) is 13.6. The maximum atomic E-state index is 13.2. The molecule has 2 aliphatic rings. The van der Waals surface area contributed by atoms with Crippen LogP contribution in [-0.2, 0) is 19.2 Å². The summed E-state index contributed by atoms with van der Waals surface area (Å²) in [6.07, 6.45) is 5.02. The molecular formula is C37H63N3O4. The fraction of sp³-hybridized carbons (Fsp3) is 0.730. The molecule has 2 atom stereocenters. The zero-order valence-corrected chi connectivity index (χ0v) is 30.0. The molecule has 250 valence electrons. The number of hydrogen-bond acceptors (Lipinski definition) is 5. The van der Waals surface area contributed by atoms with Crippen molar-refractivity contribution < 1.29 is 19.2 Å². The first-order valence-electron chi connectivity index (χ1n) is 16.1. The van der Waals surface area contributed by atoms with Crippen LogP contribution in [0.4, 0.5) is 0 Å². The molecule has 0 saturated carbocycles. The van der Waals surface area contributed by atoms with Crippen LogP contribution in [0.5, 0.6) is 0 Å². The Morgan fingerprint density at radius 3 is 1.23 bits per heavy atom. The fourth-order valence-corrected chi connectivity index (χ4v) is 7.84. The highest BCUT2D eigenvalue weighted by atomic mass is 16.2. The van der Waals surface area contributed by atoms with Crippen LogP contribution in [0.2, 0.25) is 0 Å². The number of carbonyl (C=O) groups is 4. The van der Waals surface area contributed by atoms with Gasteiger partial charge < -0.3 is 0 Å². The lowest BCUT2D eigenvalue weighted by Crippen LogP contribution is -2.46. The van der Waals surface area contributed by atoms with Gasteiger partial charge in [-0.05, 0) is 67.2 Å². The second-order valence-electron chi connectivity index (χ2n) is 17.3. The van der Waals surface area contributed by atoms with E-state index in [9.17, 15) is 19.2 Å². The molecule has 4 amide bonds. The van der Waals surface area contributed by atoms with Gasteiger partial charge in [-0.25, -0.2) is 0 Å². The average molecular weight is 614 g/mol. The molecule has 44 heavy (non-hydrogen) atoms. The quantitative estimate of drug-likeness (QED) is 0.147. The molecule has 7 nitrogen and oxygen atoms in total. The molecule has 2 fully saturated rings. The van der Waals surface area contributed by atoms with Crippen molar-refractivity contribution in [1.29, 1.82) is 0 Å². The smallest absolute Gasteiger partial charge is 0.234 e. The summed E-state index contributed by atoms with van der Waals surface area (Å²) in [4.78, 5) is 56.3. The highest BCUT2D eigenvalue weighted by Crippen LogP contribution is 2.41. The monoisotopic (exact) mass is 613 g/mol. The average Bonchev–Trinajstić information content (AvgIpc) is 3.20. The lowest BCUT2D eigenvalue weighted by atomic mass is 9.72. The summed E-state index contributed by atoms with van der Waals surface area (Å²) < 4.78 is 0. The molecule has 0 bridgehead atoms. The Labute approximate surface area is 269 Å². The van der Waals surface area contributed by atoms with Crippen LogP contribution in [0.3, 0.4) is 0 Å². The zero-order chi connectivity index (χ0) is 34.4. The number of nitrogens with zero attached hydrogens (tertiary/aromatic N) is 3. The van der Waals surface area contributed by atoms with Crippen molar-refractivity contribution in [2.75, 3.05) is 20.4 Å². The third-order valence-electron chi connectivity index (χ3n) is 7.99. The van der Waals surface area contributed by atoms with Crippen molar-refractivity contribution in [3.8, 4) is 0 Å². The normalized spacial score (nSPS) is 20.0. The summed E-state index contributed by atoms with van der Waals surface area (Å²) in [5.74, 6) is -1.65. The second kappa shape index (κ2) is 15.2. The van der Waals surface area contributed by atoms with Crippen molar-refractivity contribution in [3.63, 3.8) is 0 Å². The highest BCUT2D eigenvalue weighted by Gasteiger charge is 2.42. The van der Waals surface area contributed by atoms with Gasteiger partial charge in [0.25, 0.3) is 0 Å². The molecular weight excluding hydrogens is 550 g/mol. The number of likely N-dealkylation sites (tertiary alicyclic amines) is 2. The first-order valence-corrected chi connectivity index (χ1v) is 16.1. The van der Waals surface area contributed by atoms with Crippen LogP contribution in [-0.4, -0.2) is 58.7 Å². The first kappa shape index (κ1) is 39.5. The predicted octanol–water partition coefficient (Wildman–Crippen LogP) is 7.98. The third-order valence-corrected chi connectivity index (χ3v) is 7.99. The minimum Gasteiger partial charge on any atom is -0.274 e. The first-order chi connectivity index (χ1) is 19.9. The van der Waals surface area contributed by atoms with Crippen molar-refractivity contribution in [1.82, 2.24) is 14.7 Å². The zero-order valence-electron chi connectivity index (χ0n) is 30.0. The Hall–Kier alpha value is -2.54. The number of allylic oxidation sites excluding steroid dienone is 2. The van der Waals surface area contributed by atoms with Gasteiger partial charge in [0, 0.05) is 12.8 Å². The molecule has 2 saturated heterocycles. The van der Waals surface area contributed by atoms with E-state index >= 15 is 0 Å². The number of rotatable bonds is 14. The summed E-state index contributed by atoms with van der Waals surface area (Å²) in [7, 11) is 1.73. The van der Waals surface area contributed by atoms with Gasteiger partial charge in [0.15, 0.2) is 0 Å².